The maximum absolute atomic E-state index is 6.01. The Labute approximate surface area is 120 Å². The molecule has 3 aromatic rings. The predicted octanol–water partition coefficient (Wildman–Crippen LogP) is 3.12. The summed E-state index contributed by atoms with van der Waals surface area (Å²) < 4.78 is 4.07. The summed E-state index contributed by atoms with van der Waals surface area (Å²) in [5.41, 5.74) is 4.33. The van der Waals surface area contributed by atoms with E-state index in [2.05, 4.69) is 31.5 Å². The standard InChI is InChI=1S/C13H15ClN4S/c1-9-12-13(17(2)16-9)18(11(7-14)15-12)5-3-10-4-6-19-8-10/h4,6,8H,3,5,7H2,1-2H3. The lowest BCUT2D eigenvalue weighted by Gasteiger charge is -2.07. The van der Waals surface area contributed by atoms with Crippen LogP contribution in [0.4, 0.5) is 0 Å². The topological polar surface area (TPSA) is 35.6 Å². The highest BCUT2D eigenvalue weighted by atomic mass is 35.5. The Balaban J connectivity index is 2.00. The Morgan fingerprint density at radius 2 is 2.26 bits per heavy atom. The number of rotatable bonds is 4. The highest BCUT2D eigenvalue weighted by Crippen LogP contribution is 2.21. The first-order valence-corrected chi connectivity index (χ1v) is 7.64. The van der Waals surface area contributed by atoms with Crippen LogP contribution in [0.2, 0.25) is 0 Å². The Hall–Kier alpha value is -1.33. The highest BCUT2D eigenvalue weighted by Gasteiger charge is 2.16. The minimum absolute atomic E-state index is 0.428. The molecule has 0 aliphatic carbocycles. The Morgan fingerprint density at radius 1 is 1.42 bits per heavy atom. The molecule has 19 heavy (non-hydrogen) atoms. The van der Waals surface area contributed by atoms with E-state index >= 15 is 0 Å². The van der Waals surface area contributed by atoms with Gasteiger partial charge in [0.25, 0.3) is 0 Å². The van der Waals surface area contributed by atoms with Crippen LogP contribution >= 0.6 is 22.9 Å². The van der Waals surface area contributed by atoms with Crippen LogP contribution in [0.5, 0.6) is 0 Å². The first-order valence-electron chi connectivity index (χ1n) is 6.16. The van der Waals surface area contributed by atoms with Crippen molar-refractivity contribution in [1.82, 2.24) is 19.3 Å². The van der Waals surface area contributed by atoms with Crippen LogP contribution in [0.15, 0.2) is 16.8 Å². The molecule has 0 fully saturated rings. The SMILES string of the molecule is Cc1nn(C)c2c1nc(CCl)n2CCc1ccsc1. The van der Waals surface area contributed by atoms with E-state index in [0.29, 0.717) is 5.88 Å². The molecule has 100 valence electrons. The summed E-state index contributed by atoms with van der Waals surface area (Å²) in [5.74, 6) is 1.35. The molecule has 0 radical (unpaired) electrons. The van der Waals surface area contributed by atoms with E-state index in [1.807, 2.05) is 18.7 Å². The van der Waals surface area contributed by atoms with Gasteiger partial charge in [-0.15, -0.1) is 11.6 Å². The van der Waals surface area contributed by atoms with Crippen LogP contribution in [-0.2, 0) is 25.9 Å². The fourth-order valence-corrected chi connectivity index (χ4v) is 3.30. The summed E-state index contributed by atoms with van der Waals surface area (Å²) in [6.45, 7) is 2.87. The second-order valence-electron chi connectivity index (χ2n) is 4.58. The average molecular weight is 295 g/mol. The molecule has 0 aliphatic heterocycles. The number of aromatic nitrogens is 4. The minimum atomic E-state index is 0.428. The van der Waals surface area contributed by atoms with Crippen molar-refractivity contribution in [3.05, 3.63) is 33.9 Å². The lowest BCUT2D eigenvalue weighted by Crippen LogP contribution is -2.08. The number of nitrogens with zero attached hydrogens (tertiary/aromatic N) is 4. The molecule has 3 aromatic heterocycles. The summed E-state index contributed by atoms with van der Waals surface area (Å²) in [6.07, 6.45) is 0.989. The van der Waals surface area contributed by atoms with Crippen LogP contribution in [0, 0.1) is 6.92 Å². The molecule has 3 heterocycles. The van der Waals surface area contributed by atoms with Crippen LogP contribution in [0.1, 0.15) is 17.1 Å². The monoisotopic (exact) mass is 294 g/mol. The van der Waals surface area contributed by atoms with Gasteiger partial charge in [-0.1, -0.05) is 0 Å². The molecule has 0 saturated heterocycles. The van der Waals surface area contributed by atoms with Gasteiger partial charge in [-0.05, 0) is 35.7 Å². The van der Waals surface area contributed by atoms with E-state index in [1.54, 1.807) is 11.3 Å². The van der Waals surface area contributed by atoms with E-state index in [1.165, 1.54) is 5.56 Å². The number of aryl methyl sites for hydroxylation is 4. The summed E-state index contributed by atoms with van der Waals surface area (Å²) >= 11 is 7.74. The van der Waals surface area contributed by atoms with Crippen molar-refractivity contribution >= 4 is 34.1 Å². The van der Waals surface area contributed by atoms with Crippen molar-refractivity contribution in [2.75, 3.05) is 0 Å². The molecule has 0 saturated carbocycles. The summed E-state index contributed by atoms with van der Waals surface area (Å²) in [6, 6.07) is 2.16. The number of alkyl halides is 1. The fraction of sp³-hybridized carbons (Fsp3) is 0.385. The highest BCUT2D eigenvalue weighted by molar-refractivity contribution is 7.07. The fourth-order valence-electron chi connectivity index (χ4n) is 2.39. The second kappa shape index (κ2) is 4.98. The van der Waals surface area contributed by atoms with E-state index in [4.69, 9.17) is 11.6 Å². The van der Waals surface area contributed by atoms with E-state index in [0.717, 1.165) is 35.6 Å². The quantitative estimate of drug-likeness (QED) is 0.693. The van der Waals surface area contributed by atoms with Gasteiger partial charge in [0.05, 0.1) is 11.6 Å². The molecule has 0 aromatic carbocycles. The largest absolute Gasteiger partial charge is 0.312 e. The predicted molar refractivity (Wildman–Crippen MR) is 78.8 cm³/mol. The zero-order valence-electron chi connectivity index (χ0n) is 10.9. The van der Waals surface area contributed by atoms with Crippen molar-refractivity contribution in [1.29, 1.82) is 0 Å². The molecule has 0 unspecified atom stereocenters. The molecular weight excluding hydrogens is 280 g/mol. The van der Waals surface area contributed by atoms with Gasteiger partial charge in [0.15, 0.2) is 5.65 Å². The zero-order chi connectivity index (χ0) is 13.4. The van der Waals surface area contributed by atoms with Gasteiger partial charge in [-0.25, -0.2) is 4.98 Å². The molecular formula is C13H15ClN4S. The van der Waals surface area contributed by atoms with Gasteiger partial charge in [0.2, 0.25) is 0 Å². The van der Waals surface area contributed by atoms with Gasteiger partial charge in [-0.3, -0.25) is 4.68 Å². The average Bonchev–Trinajstić information content (AvgIpc) is 3.07. The van der Waals surface area contributed by atoms with Gasteiger partial charge >= 0.3 is 0 Å². The minimum Gasteiger partial charge on any atom is -0.312 e. The van der Waals surface area contributed by atoms with Crippen molar-refractivity contribution in [2.24, 2.45) is 7.05 Å². The molecule has 0 amide bonds. The molecule has 0 aliphatic rings. The van der Waals surface area contributed by atoms with Crippen molar-refractivity contribution in [3.63, 3.8) is 0 Å². The summed E-state index contributed by atoms with van der Waals surface area (Å²) in [5, 5.41) is 8.71. The van der Waals surface area contributed by atoms with Crippen molar-refractivity contribution in [2.45, 2.75) is 25.8 Å². The molecule has 0 N–H and O–H groups in total. The van der Waals surface area contributed by atoms with Crippen molar-refractivity contribution in [3.8, 4) is 0 Å². The third-order valence-electron chi connectivity index (χ3n) is 3.29. The smallest absolute Gasteiger partial charge is 0.158 e. The number of thiophene rings is 1. The number of halogens is 1. The van der Waals surface area contributed by atoms with E-state index < -0.39 is 0 Å². The van der Waals surface area contributed by atoms with Crippen LogP contribution in [0.25, 0.3) is 11.2 Å². The van der Waals surface area contributed by atoms with E-state index in [9.17, 15) is 0 Å². The lowest BCUT2D eigenvalue weighted by atomic mass is 10.2. The Morgan fingerprint density at radius 3 is 2.95 bits per heavy atom. The van der Waals surface area contributed by atoms with Crippen molar-refractivity contribution < 1.29 is 0 Å². The molecule has 0 atom stereocenters. The first kappa shape index (κ1) is 12.7. The molecule has 0 spiro atoms. The Bertz CT molecular complexity index is 696. The molecule has 6 heteroatoms. The number of hydrogen-bond donors (Lipinski definition) is 0. The van der Waals surface area contributed by atoms with Crippen LogP contribution in [0.3, 0.4) is 0 Å². The molecule has 0 bridgehead atoms. The molecule has 3 rings (SSSR count). The number of fused-ring (bicyclic) bond motifs is 1. The van der Waals surface area contributed by atoms with Gasteiger partial charge < -0.3 is 4.57 Å². The lowest BCUT2D eigenvalue weighted by molar-refractivity contribution is 0.652. The third kappa shape index (κ3) is 2.17. The van der Waals surface area contributed by atoms with Gasteiger partial charge in [-0.2, -0.15) is 16.4 Å². The normalized spacial score (nSPS) is 11.5. The zero-order valence-corrected chi connectivity index (χ0v) is 12.5. The second-order valence-corrected chi connectivity index (χ2v) is 5.62. The third-order valence-corrected chi connectivity index (χ3v) is 4.26. The first-order chi connectivity index (χ1) is 9.20. The summed E-state index contributed by atoms with van der Waals surface area (Å²) in [4.78, 5) is 4.60. The summed E-state index contributed by atoms with van der Waals surface area (Å²) in [7, 11) is 1.95. The van der Waals surface area contributed by atoms with Gasteiger partial charge in [0, 0.05) is 13.6 Å². The Kier molecular flexibility index (Phi) is 3.33. The van der Waals surface area contributed by atoms with E-state index in [-0.39, 0.29) is 0 Å². The maximum atomic E-state index is 6.01. The number of hydrogen-bond acceptors (Lipinski definition) is 3. The van der Waals surface area contributed by atoms with Gasteiger partial charge in [0.1, 0.15) is 11.3 Å². The van der Waals surface area contributed by atoms with Crippen LogP contribution in [-0.4, -0.2) is 19.3 Å². The molecule has 4 nitrogen and oxygen atoms in total. The number of imidazole rings is 1. The maximum Gasteiger partial charge on any atom is 0.158 e. The van der Waals surface area contributed by atoms with Crippen LogP contribution < -0.4 is 0 Å².